The van der Waals surface area contributed by atoms with Gasteiger partial charge in [0, 0.05) is 17.3 Å². The zero-order valence-electron chi connectivity index (χ0n) is 13.6. The van der Waals surface area contributed by atoms with Gasteiger partial charge in [0.05, 0.1) is 12.0 Å². The monoisotopic (exact) mass is 341 g/mol. The summed E-state index contributed by atoms with van der Waals surface area (Å²) in [6.07, 6.45) is 0. The molecule has 0 fully saturated rings. The summed E-state index contributed by atoms with van der Waals surface area (Å²) in [6.45, 7) is 2.25. The molecule has 0 atom stereocenters. The Kier molecular flexibility index (Phi) is 4.55. The molecule has 0 radical (unpaired) electrons. The zero-order valence-corrected chi connectivity index (χ0v) is 14.4. The van der Waals surface area contributed by atoms with Gasteiger partial charge in [-0.2, -0.15) is 0 Å². The van der Waals surface area contributed by atoms with Gasteiger partial charge in [-0.25, -0.2) is 13.1 Å². The Morgan fingerprint density at radius 2 is 1.58 bits per heavy atom. The zero-order chi connectivity index (χ0) is 17.2. The first-order chi connectivity index (χ1) is 11.5. The molecule has 0 heterocycles. The highest BCUT2D eigenvalue weighted by atomic mass is 32.2. The summed E-state index contributed by atoms with van der Waals surface area (Å²) in [6, 6.07) is 18.4. The first-order valence-electron chi connectivity index (χ1n) is 7.62. The second-order valence-corrected chi connectivity index (χ2v) is 7.36. The van der Waals surface area contributed by atoms with E-state index in [1.54, 1.807) is 25.3 Å². The molecule has 3 rings (SSSR count). The van der Waals surface area contributed by atoms with E-state index < -0.39 is 10.0 Å². The lowest BCUT2D eigenvalue weighted by Gasteiger charge is -2.12. The van der Waals surface area contributed by atoms with Crippen molar-refractivity contribution < 1.29 is 13.2 Å². The molecule has 0 saturated heterocycles. The molecule has 124 valence electrons. The second kappa shape index (κ2) is 6.63. The Hall–Kier alpha value is -2.37. The van der Waals surface area contributed by atoms with Crippen molar-refractivity contribution in [3.63, 3.8) is 0 Å². The van der Waals surface area contributed by atoms with Crippen LogP contribution in [0, 0.1) is 6.92 Å². The van der Waals surface area contributed by atoms with E-state index in [-0.39, 0.29) is 11.4 Å². The molecule has 0 spiro atoms. The number of methoxy groups -OCH3 is 1. The van der Waals surface area contributed by atoms with Crippen molar-refractivity contribution in [1.29, 1.82) is 0 Å². The maximum Gasteiger partial charge on any atom is 0.241 e. The Bertz CT molecular complexity index is 964. The summed E-state index contributed by atoms with van der Waals surface area (Å²) in [7, 11) is -2.05. The number of benzene rings is 3. The van der Waals surface area contributed by atoms with Crippen molar-refractivity contribution in [3.05, 3.63) is 71.8 Å². The van der Waals surface area contributed by atoms with E-state index in [4.69, 9.17) is 4.74 Å². The quantitative estimate of drug-likeness (QED) is 0.771. The van der Waals surface area contributed by atoms with E-state index in [0.29, 0.717) is 11.1 Å². The van der Waals surface area contributed by atoms with Gasteiger partial charge >= 0.3 is 0 Å². The number of fused-ring (bicyclic) bond motifs is 1. The van der Waals surface area contributed by atoms with Crippen LogP contribution in [0.4, 0.5) is 0 Å². The fourth-order valence-electron chi connectivity index (χ4n) is 2.62. The van der Waals surface area contributed by atoms with Gasteiger partial charge in [-0.1, -0.05) is 54.1 Å². The van der Waals surface area contributed by atoms with Crippen molar-refractivity contribution >= 4 is 20.8 Å². The van der Waals surface area contributed by atoms with Gasteiger partial charge in [0.2, 0.25) is 10.0 Å². The summed E-state index contributed by atoms with van der Waals surface area (Å²) in [5, 5.41) is 1.42. The van der Waals surface area contributed by atoms with E-state index in [1.807, 2.05) is 49.4 Å². The molecule has 5 heteroatoms. The molecule has 24 heavy (non-hydrogen) atoms. The number of hydrogen-bond donors (Lipinski definition) is 1. The highest BCUT2D eigenvalue weighted by molar-refractivity contribution is 7.89. The van der Waals surface area contributed by atoms with Crippen molar-refractivity contribution in [2.75, 3.05) is 7.11 Å². The van der Waals surface area contributed by atoms with Crippen molar-refractivity contribution in [3.8, 4) is 5.75 Å². The minimum Gasteiger partial charge on any atom is -0.496 e. The third kappa shape index (κ3) is 3.27. The standard InChI is InChI=1S/C19H19NO3S/c1-14-7-9-15(10-8-14)13-20-24(21,22)19-12-11-18(23-2)16-5-3-4-6-17(16)19/h3-12,20H,13H2,1-2H3. The minimum atomic E-state index is -3.63. The molecule has 3 aromatic carbocycles. The van der Waals surface area contributed by atoms with Crippen LogP contribution in [-0.2, 0) is 16.6 Å². The molecule has 0 bridgehead atoms. The number of rotatable bonds is 5. The number of hydrogen-bond acceptors (Lipinski definition) is 3. The predicted octanol–water partition coefficient (Wildman–Crippen LogP) is 3.64. The van der Waals surface area contributed by atoms with Crippen molar-refractivity contribution in [1.82, 2.24) is 4.72 Å². The third-order valence-corrected chi connectivity index (χ3v) is 5.40. The van der Waals surface area contributed by atoms with E-state index in [2.05, 4.69) is 4.72 Å². The molecule has 0 aliphatic heterocycles. The first kappa shape index (κ1) is 16.5. The summed E-state index contributed by atoms with van der Waals surface area (Å²) in [5.74, 6) is 0.656. The molecular formula is C19H19NO3S. The second-order valence-electron chi connectivity index (χ2n) is 5.62. The van der Waals surface area contributed by atoms with Crippen molar-refractivity contribution in [2.24, 2.45) is 0 Å². The highest BCUT2D eigenvalue weighted by Gasteiger charge is 2.18. The topological polar surface area (TPSA) is 55.4 Å². The van der Waals surface area contributed by atoms with Gasteiger partial charge in [0.1, 0.15) is 5.75 Å². The predicted molar refractivity (Wildman–Crippen MR) is 95.7 cm³/mol. The van der Waals surface area contributed by atoms with Crippen LogP contribution in [0.5, 0.6) is 5.75 Å². The lowest BCUT2D eigenvalue weighted by molar-refractivity contribution is 0.419. The number of nitrogens with one attached hydrogen (secondary N) is 1. The molecule has 3 aromatic rings. The van der Waals surface area contributed by atoms with Crippen LogP contribution in [-0.4, -0.2) is 15.5 Å². The molecule has 4 nitrogen and oxygen atoms in total. The molecule has 0 unspecified atom stereocenters. The molecule has 0 amide bonds. The lowest BCUT2D eigenvalue weighted by Crippen LogP contribution is -2.23. The van der Waals surface area contributed by atoms with Gasteiger partial charge < -0.3 is 4.74 Å². The Balaban J connectivity index is 1.95. The van der Waals surface area contributed by atoms with Crippen LogP contribution in [0.25, 0.3) is 10.8 Å². The van der Waals surface area contributed by atoms with Gasteiger partial charge in [-0.3, -0.25) is 0 Å². The summed E-state index contributed by atoms with van der Waals surface area (Å²) in [4.78, 5) is 0.256. The molecule has 0 saturated carbocycles. The number of sulfonamides is 1. The smallest absolute Gasteiger partial charge is 0.241 e. The van der Waals surface area contributed by atoms with E-state index in [1.165, 1.54) is 0 Å². The van der Waals surface area contributed by atoms with Gasteiger partial charge in [0.15, 0.2) is 0 Å². The Labute approximate surface area is 142 Å². The largest absolute Gasteiger partial charge is 0.496 e. The highest BCUT2D eigenvalue weighted by Crippen LogP contribution is 2.30. The van der Waals surface area contributed by atoms with Gasteiger partial charge in [0.25, 0.3) is 0 Å². The van der Waals surface area contributed by atoms with E-state index in [9.17, 15) is 8.42 Å². The van der Waals surface area contributed by atoms with Crippen LogP contribution in [0.15, 0.2) is 65.6 Å². The molecular weight excluding hydrogens is 322 g/mol. The van der Waals surface area contributed by atoms with E-state index >= 15 is 0 Å². The Morgan fingerprint density at radius 3 is 2.25 bits per heavy atom. The average molecular weight is 341 g/mol. The SMILES string of the molecule is COc1ccc(S(=O)(=O)NCc2ccc(C)cc2)c2ccccc12. The molecule has 1 N–H and O–H groups in total. The summed E-state index contributed by atoms with van der Waals surface area (Å²) in [5.41, 5.74) is 2.06. The van der Waals surface area contributed by atoms with Gasteiger partial charge in [-0.15, -0.1) is 0 Å². The summed E-state index contributed by atoms with van der Waals surface area (Å²) >= 11 is 0. The fourth-order valence-corrected chi connectivity index (χ4v) is 3.85. The van der Waals surface area contributed by atoms with Crippen LogP contribution in [0.1, 0.15) is 11.1 Å². The third-order valence-electron chi connectivity index (χ3n) is 3.94. The van der Waals surface area contributed by atoms with Crippen LogP contribution >= 0.6 is 0 Å². The van der Waals surface area contributed by atoms with Crippen LogP contribution in [0.2, 0.25) is 0 Å². The lowest BCUT2D eigenvalue weighted by atomic mass is 10.1. The molecule has 0 aliphatic carbocycles. The summed E-state index contributed by atoms with van der Waals surface area (Å²) < 4.78 is 33.5. The number of aryl methyl sites for hydroxylation is 1. The molecule has 0 aliphatic rings. The average Bonchev–Trinajstić information content (AvgIpc) is 2.60. The van der Waals surface area contributed by atoms with Gasteiger partial charge in [-0.05, 0) is 24.6 Å². The first-order valence-corrected chi connectivity index (χ1v) is 9.10. The number of ether oxygens (including phenoxy) is 1. The minimum absolute atomic E-state index is 0.253. The van der Waals surface area contributed by atoms with E-state index in [0.717, 1.165) is 16.5 Å². The van der Waals surface area contributed by atoms with Crippen LogP contribution < -0.4 is 9.46 Å². The normalized spacial score (nSPS) is 11.6. The fraction of sp³-hybridized carbons (Fsp3) is 0.158. The Morgan fingerprint density at radius 1 is 0.917 bits per heavy atom. The van der Waals surface area contributed by atoms with Crippen molar-refractivity contribution in [2.45, 2.75) is 18.4 Å². The molecule has 0 aromatic heterocycles. The van der Waals surface area contributed by atoms with Crippen LogP contribution in [0.3, 0.4) is 0 Å². The maximum atomic E-state index is 12.7. The maximum absolute atomic E-state index is 12.7.